The van der Waals surface area contributed by atoms with Gasteiger partial charge in [-0.05, 0) is 35.9 Å². The molecule has 0 spiro atoms. The standard InChI is InChI=1S/C23H16Cl2FN5O2/c24-16-9-17(26)15(8-14(16)23(32)18-3-4-21(25)31-30-18)22-13-2-1-12(7-19(13)28-11-29-22)20-10-27-5-6-33-20/h1-4,7-9,11,20,27H,5-6,10H2. The molecule has 0 aliphatic carbocycles. The van der Waals surface area contributed by atoms with Crippen molar-refractivity contribution in [2.75, 3.05) is 19.7 Å². The first-order chi connectivity index (χ1) is 16.0. The van der Waals surface area contributed by atoms with Crippen molar-refractivity contribution in [1.29, 1.82) is 0 Å². The average molecular weight is 484 g/mol. The lowest BCUT2D eigenvalue weighted by Gasteiger charge is -2.24. The molecule has 0 amide bonds. The molecule has 33 heavy (non-hydrogen) atoms. The summed E-state index contributed by atoms with van der Waals surface area (Å²) in [5, 5.41) is 11.5. The Balaban J connectivity index is 1.58. The van der Waals surface area contributed by atoms with Crippen LogP contribution in [0.3, 0.4) is 0 Å². The van der Waals surface area contributed by atoms with Gasteiger partial charge in [-0.2, -0.15) is 0 Å². The van der Waals surface area contributed by atoms with Crippen LogP contribution >= 0.6 is 23.2 Å². The summed E-state index contributed by atoms with van der Waals surface area (Å²) in [7, 11) is 0. The molecule has 166 valence electrons. The molecule has 1 atom stereocenters. The van der Waals surface area contributed by atoms with E-state index in [1.807, 2.05) is 18.2 Å². The number of ether oxygens (including phenoxy) is 1. The summed E-state index contributed by atoms with van der Waals surface area (Å²) in [4.78, 5) is 21.6. The van der Waals surface area contributed by atoms with E-state index in [9.17, 15) is 4.79 Å². The topological polar surface area (TPSA) is 89.9 Å². The Bertz CT molecular complexity index is 1360. The molecule has 0 bridgehead atoms. The molecule has 1 fully saturated rings. The molecule has 5 rings (SSSR count). The minimum absolute atomic E-state index is 0.0390. The van der Waals surface area contributed by atoms with E-state index >= 15 is 4.39 Å². The van der Waals surface area contributed by atoms with Crippen LogP contribution in [0.15, 0.2) is 48.8 Å². The van der Waals surface area contributed by atoms with Gasteiger partial charge in [-0.15, -0.1) is 10.2 Å². The van der Waals surface area contributed by atoms with Crippen molar-refractivity contribution >= 4 is 39.9 Å². The third-order valence-corrected chi connectivity index (χ3v) is 5.90. The molecule has 1 aliphatic rings. The molecule has 2 aromatic heterocycles. The van der Waals surface area contributed by atoms with Gasteiger partial charge in [0.25, 0.3) is 0 Å². The quantitative estimate of drug-likeness (QED) is 0.429. The molecule has 0 saturated carbocycles. The highest BCUT2D eigenvalue weighted by Gasteiger charge is 2.22. The largest absolute Gasteiger partial charge is 0.371 e. The lowest BCUT2D eigenvalue weighted by atomic mass is 9.98. The summed E-state index contributed by atoms with van der Waals surface area (Å²) in [6.45, 7) is 2.14. The molecule has 10 heteroatoms. The van der Waals surface area contributed by atoms with Gasteiger partial charge >= 0.3 is 0 Å². The van der Waals surface area contributed by atoms with Gasteiger partial charge in [-0.3, -0.25) is 4.79 Å². The van der Waals surface area contributed by atoms with Gasteiger partial charge in [0.2, 0.25) is 5.78 Å². The zero-order valence-electron chi connectivity index (χ0n) is 17.1. The second-order valence-electron chi connectivity index (χ2n) is 7.44. The predicted molar refractivity (Wildman–Crippen MR) is 122 cm³/mol. The highest BCUT2D eigenvalue weighted by Crippen LogP contribution is 2.33. The molecular weight excluding hydrogens is 468 g/mol. The van der Waals surface area contributed by atoms with Gasteiger partial charge in [-0.25, -0.2) is 14.4 Å². The summed E-state index contributed by atoms with van der Waals surface area (Å²) in [5.41, 5.74) is 2.19. The zero-order chi connectivity index (χ0) is 22.9. The van der Waals surface area contributed by atoms with Crippen molar-refractivity contribution < 1.29 is 13.9 Å². The second kappa shape index (κ2) is 9.07. The van der Waals surface area contributed by atoms with Crippen LogP contribution in [-0.2, 0) is 4.74 Å². The molecule has 3 heterocycles. The van der Waals surface area contributed by atoms with Crippen LogP contribution in [0.5, 0.6) is 0 Å². The van der Waals surface area contributed by atoms with Crippen LogP contribution in [0.25, 0.3) is 22.2 Å². The Morgan fingerprint density at radius 1 is 1.09 bits per heavy atom. The third-order valence-electron chi connectivity index (χ3n) is 5.38. The van der Waals surface area contributed by atoms with Crippen molar-refractivity contribution in [3.8, 4) is 11.3 Å². The molecule has 1 aliphatic heterocycles. The zero-order valence-corrected chi connectivity index (χ0v) is 18.6. The second-order valence-corrected chi connectivity index (χ2v) is 8.24. The van der Waals surface area contributed by atoms with E-state index in [2.05, 4.69) is 25.5 Å². The maximum absolute atomic E-state index is 15.0. The van der Waals surface area contributed by atoms with E-state index < -0.39 is 11.6 Å². The van der Waals surface area contributed by atoms with Crippen molar-refractivity contribution in [2.24, 2.45) is 0 Å². The summed E-state index contributed by atoms with van der Waals surface area (Å²) in [5.74, 6) is -1.12. The minimum Gasteiger partial charge on any atom is -0.371 e. The number of hydrogen-bond acceptors (Lipinski definition) is 7. The van der Waals surface area contributed by atoms with Gasteiger partial charge in [0.15, 0.2) is 5.15 Å². The maximum atomic E-state index is 15.0. The van der Waals surface area contributed by atoms with Gasteiger partial charge in [0.05, 0.1) is 28.9 Å². The van der Waals surface area contributed by atoms with E-state index in [1.165, 1.54) is 24.5 Å². The fourth-order valence-electron chi connectivity index (χ4n) is 3.75. The summed E-state index contributed by atoms with van der Waals surface area (Å²) in [6.07, 6.45) is 1.28. The van der Waals surface area contributed by atoms with E-state index in [4.69, 9.17) is 27.9 Å². The summed E-state index contributed by atoms with van der Waals surface area (Å²) >= 11 is 12.0. The predicted octanol–water partition coefficient (Wildman–Crippen LogP) is 4.42. The van der Waals surface area contributed by atoms with E-state index in [-0.39, 0.29) is 33.1 Å². The van der Waals surface area contributed by atoms with E-state index in [0.717, 1.165) is 18.2 Å². The number of halogens is 3. The maximum Gasteiger partial charge on any atom is 0.214 e. The van der Waals surface area contributed by atoms with Crippen molar-refractivity contribution in [1.82, 2.24) is 25.5 Å². The number of nitrogens with one attached hydrogen (secondary N) is 1. The van der Waals surface area contributed by atoms with Gasteiger partial charge in [-0.1, -0.05) is 35.3 Å². The Kier molecular flexibility index (Phi) is 5.99. The Morgan fingerprint density at radius 2 is 1.97 bits per heavy atom. The molecule has 1 unspecified atom stereocenters. The number of carbonyl (C=O) groups is 1. The smallest absolute Gasteiger partial charge is 0.214 e. The van der Waals surface area contributed by atoms with Crippen molar-refractivity contribution in [2.45, 2.75) is 6.10 Å². The lowest BCUT2D eigenvalue weighted by molar-refractivity contribution is 0.0278. The van der Waals surface area contributed by atoms with Crippen LogP contribution in [0, 0.1) is 5.82 Å². The number of morpholine rings is 1. The Hall–Kier alpha value is -3.04. The number of rotatable bonds is 4. The molecule has 1 saturated heterocycles. The Morgan fingerprint density at radius 3 is 2.73 bits per heavy atom. The lowest BCUT2D eigenvalue weighted by Crippen LogP contribution is -2.33. The molecule has 7 nitrogen and oxygen atoms in total. The normalized spacial score (nSPS) is 16.2. The van der Waals surface area contributed by atoms with E-state index in [1.54, 1.807) is 0 Å². The molecular formula is C23H16Cl2FN5O2. The molecule has 0 radical (unpaired) electrons. The fraction of sp³-hybridized carbons (Fsp3) is 0.174. The summed E-state index contributed by atoms with van der Waals surface area (Å²) in [6, 6.07) is 11.0. The third kappa shape index (κ3) is 4.30. The molecule has 1 N–H and O–H groups in total. The molecule has 4 aromatic rings. The van der Waals surface area contributed by atoms with Crippen molar-refractivity contribution in [3.05, 3.63) is 81.6 Å². The fourth-order valence-corrected chi connectivity index (χ4v) is 4.08. The number of ketones is 1. The number of nitrogens with zero attached hydrogens (tertiary/aromatic N) is 4. The van der Waals surface area contributed by atoms with Crippen LogP contribution in [0.1, 0.15) is 27.7 Å². The SMILES string of the molecule is O=C(c1ccc(Cl)nn1)c1cc(-c2ncnc3cc(C4CNCCO4)ccc23)c(F)cc1Cl. The minimum atomic E-state index is -0.609. The number of fused-ring (bicyclic) bond motifs is 1. The van der Waals surface area contributed by atoms with Crippen LogP contribution in [0.4, 0.5) is 4.39 Å². The van der Waals surface area contributed by atoms with Crippen LogP contribution in [-0.4, -0.2) is 45.6 Å². The van der Waals surface area contributed by atoms with E-state index in [0.29, 0.717) is 29.7 Å². The summed E-state index contributed by atoms with van der Waals surface area (Å²) < 4.78 is 20.8. The number of benzene rings is 2. The number of hydrogen-bond donors (Lipinski definition) is 1. The molecule has 2 aromatic carbocycles. The monoisotopic (exact) mass is 483 g/mol. The van der Waals surface area contributed by atoms with Gasteiger partial charge in [0, 0.05) is 29.6 Å². The first-order valence-corrected chi connectivity index (χ1v) is 10.9. The van der Waals surface area contributed by atoms with Gasteiger partial charge in [0.1, 0.15) is 17.8 Å². The highest BCUT2D eigenvalue weighted by molar-refractivity contribution is 6.35. The van der Waals surface area contributed by atoms with Crippen LogP contribution < -0.4 is 5.32 Å². The first kappa shape index (κ1) is 21.8. The first-order valence-electron chi connectivity index (χ1n) is 10.1. The number of carbonyl (C=O) groups excluding carboxylic acids is 1. The average Bonchev–Trinajstić information content (AvgIpc) is 2.84. The van der Waals surface area contributed by atoms with Gasteiger partial charge < -0.3 is 10.1 Å². The van der Waals surface area contributed by atoms with Crippen LogP contribution in [0.2, 0.25) is 10.2 Å². The highest BCUT2D eigenvalue weighted by atomic mass is 35.5. The Labute approximate surface area is 197 Å². The number of aromatic nitrogens is 4. The van der Waals surface area contributed by atoms with Crippen molar-refractivity contribution in [3.63, 3.8) is 0 Å².